The summed E-state index contributed by atoms with van der Waals surface area (Å²) in [6.45, 7) is 3.33. The van der Waals surface area contributed by atoms with Crippen LogP contribution in [-0.2, 0) is 16.0 Å². The fourth-order valence-electron chi connectivity index (χ4n) is 3.58. The maximum atomic E-state index is 15.2. The molecule has 5 nitrogen and oxygen atoms in total. The molecule has 0 radical (unpaired) electrons. The van der Waals surface area contributed by atoms with E-state index in [2.05, 4.69) is 22.2 Å². The van der Waals surface area contributed by atoms with Crippen LogP contribution >= 0.6 is 0 Å². The van der Waals surface area contributed by atoms with Gasteiger partial charge in [-0.05, 0) is 50.7 Å². The van der Waals surface area contributed by atoms with Crippen molar-refractivity contribution in [2.45, 2.75) is 57.8 Å². The third-order valence-electron chi connectivity index (χ3n) is 5.37. The van der Waals surface area contributed by atoms with Crippen molar-refractivity contribution in [1.29, 1.82) is 0 Å². The molecule has 28 heavy (non-hydrogen) atoms. The predicted octanol–water partition coefficient (Wildman–Crippen LogP) is 3.79. The van der Waals surface area contributed by atoms with Crippen molar-refractivity contribution >= 4 is 0 Å². The zero-order chi connectivity index (χ0) is 19.5. The van der Waals surface area contributed by atoms with Crippen LogP contribution in [0.5, 0.6) is 0 Å². The average Bonchev–Trinajstić information content (AvgIpc) is 3.43. The molecule has 2 aromatic rings. The Bertz CT molecular complexity index is 889. The van der Waals surface area contributed by atoms with Crippen LogP contribution in [0, 0.1) is 30.5 Å². The van der Waals surface area contributed by atoms with Crippen LogP contribution < -0.4 is 0 Å². The van der Waals surface area contributed by atoms with Gasteiger partial charge in [0.15, 0.2) is 0 Å². The summed E-state index contributed by atoms with van der Waals surface area (Å²) < 4.78 is 28.4. The van der Waals surface area contributed by atoms with Crippen LogP contribution in [0.2, 0.25) is 0 Å². The predicted molar refractivity (Wildman–Crippen MR) is 103 cm³/mol. The Hall–Kier alpha value is -2.23. The lowest BCUT2D eigenvalue weighted by Crippen LogP contribution is -2.24. The Labute approximate surface area is 165 Å². The van der Waals surface area contributed by atoms with E-state index in [1.807, 2.05) is 19.2 Å². The highest BCUT2D eigenvalue weighted by molar-refractivity contribution is 5.45. The minimum atomic E-state index is -0.622. The summed E-state index contributed by atoms with van der Waals surface area (Å²) in [6, 6.07) is 3.63. The van der Waals surface area contributed by atoms with Crippen molar-refractivity contribution in [3.8, 4) is 11.8 Å². The van der Waals surface area contributed by atoms with Crippen molar-refractivity contribution in [2.24, 2.45) is 5.92 Å². The number of rotatable bonds is 5. The molecule has 6 heteroatoms. The topological polar surface area (TPSA) is 49.2 Å². The van der Waals surface area contributed by atoms with Gasteiger partial charge in [0.05, 0.1) is 24.4 Å². The summed E-state index contributed by atoms with van der Waals surface area (Å²) in [5.74, 6) is 6.22. The van der Waals surface area contributed by atoms with Gasteiger partial charge in [0, 0.05) is 25.2 Å². The summed E-state index contributed by atoms with van der Waals surface area (Å²) in [7, 11) is 1.56. The summed E-state index contributed by atoms with van der Waals surface area (Å²) in [4.78, 5) is 0. The summed E-state index contributed by atoms with van der Waals surface area (Å²) in [5.41, 5.74) is 2.29. The van der Waals surface area contributed by atoms with Gasteiger partial charge in [-0.3, -0.25) is 0 Å². The van der Waals surface area contributed by atoms with Gasteiger partial charge < -0.3 is 9.47 Å². The first kappa shape index (κ1) is 19.1. The molecule has 1 aliphatic heterocycles. The van der Waals surface area contributed by atoms with Crippen molar-refractivity contribution < 1.29 is 13.9 Å². The number of aromatic nitrogens is 3. The molecular formula is C22H26FN3O2. The van der Waals surface area contributed by atoms with Crippen LogP contribution in [0.25, 0.3) is 0 Å². The zero-order valence-electron chi connectivity index (χ0n) is 16.4. The molecule has 2 aliphatic rings. The van der Waals surface area contributed by atoms with E-state index in [4.69, 9.17) is 9.47 Å². The molecule has 2 heterocycles. The largest absolute Gasteiger partial charge is 0.376 e. The number of hydrogen-bond donors (Lipinski definition) is 0. The van der Waals surface area contributed by atoms with Crippen molar-refractivity contribution in [3.05, 3.63) is 46.5 Å². The van der Waals surface area contributed by atoms with Gasteiger partial charge in [-0.1, -0.05) is 23.1 Å². The second-order valence-corrected chi connectivity index (χ2v) is 7.67. The molecule has 2 unspecified atom stereocenters. The molecule has 1 aliphatic carbocycles. The van der Waals surface area contributed by atoms with Crippen LogP contribution in [0.15, 0.2) is 18.3 Å². The lowest BCUT2D eigenvalue weighted by atomic mass is 9.97. The number of hydrogen-bond acceptors (Lipinski definition) is 4. The SMILES string of the molecule is COC(c1cn(CC2CCCCO2)nn1)c1c(C)ccc(C#CC2CC2)c1F. The maximum Gasteiger partial charge on any atom is 0.145 e. The lowest BCUT2D eigenvalue weighted by Gasteiger charge is -2.22. The third kappa shape index (κ3) is 4.26. The molecule has 0 amide bonds. The Kier molecular flexibility index (Phi) is 5.74. The summed E-state index contributed by atoms with van der Waals surface area (Å²) in [6.07, 6.45) is 6.90. The highest BCUT2D eigenvalue weighted by Crippen LogP contribution is 2.31. The van der Waals surface area contributed by atoms with E-state index in [-0.39, 0.29) is 11.9 Å². The number of nitrogens with zero attached hydrogens (tertiary/aromatic N) is 3. The monoisotopic (exact) mass is 383 g/mol. The standard InChI is InChI=1S/C22H26FN3O2/c1-15-6-10-17(11-9-16-7-8-16)21(23)20(15)22(27-2)19-14-26(25-24-19)13-18-5-3-4-12-28-18/h6,10,14,16,18,22H,3-5,7-8,12-13H2,1-2H3. The molecule has 0 bridgehead atoms. The van der Waals surface area contributed by atoms with Crippen LogP contribution in [0.1, 0.15) is 60.6 Å². The number of ether oxygens (including phenoxy) is 2. The first-order valence-corrected chi connectivity index (χ1v) is 10.0. The molecule has 148 valence electrons. The van der Waals surface area contributed by atoms with E-state index in [0.717, 1.165) is 37.9 Å². The number of methoxy groups -OCH3 is 1. The Morgan fingerprint density at radius 1 is 1.32 bits per heavy atom. The van der Waals surface area contributed by atoms with Gasteiger partial charge in [-0.25, -0.2) is 9.07 Å². The number of benzene rings is 1. The maximum absolute atomic E-state index is 15.2. The molecule has 4 rings (SSSR count). The minimum absolute atomic E-state index is 0.156. The second-order valence-electron chi connectivity index (χ2n) is 7.67. The van der Waals surface area contributed by atoms with E-state index >= 15 is 4.39 Å². The number of aryl methyl sites for hydroxylation is 1. The first-order valence-electron chi connectivity index (χ1n) is 10.0. The van der Waals surface area contributed by atoms with Gasteiger partial charge in [-0.2, -0.15) is 0 Å². The van der Waals surface area contributed by atoms with Crippen molar-refractivity contribution in [3.63, 3.8) is 0 Å². The molecule has 1 saturated carbocycles. The molecule has 1 aromatic carbocycles. The Morgan fingerprint density at radius 2 is 2.18 bits per heavy atom. The first-order chi connectivity index (χ1) is 13.7. The van der Waals surface area contributed by atoms with Crippen molar-refractivity contribution in [1.82, 2.24) is 15.0 Å². The van der Waals surface area contributed by atoms with E-state index in [0.29, 0.717) is 29.3 Å². The van der Waals surface area contributed by atoms with Gasteiger partial charge in [0.1, 0.15) is 17.6 Å². The van der Waals surface area contributed by atoms with Gasteiger partial charge >= 0.3 is 0 Å². The van der Waals surface area contributed by atoms with E-state index in [1.54, 1.807) is 17.9 Å². The molecule has 2 fully saturated rings. The van der Waals surface area contributed by atoms with Crippen LogP contribution in [0.4, 0.5) is 4.39 Å². The quantitative estimate of drug-likeness (QED) is 0.737. The zero-order valence-corrected chi connectivity index (χ0v) is 16.4. The fraction of sp³-hybridized carbons (Fsp3) is 0.545. The number of halogens is 1. The van der Waals surface area contributed by atoms with Crippen LogP contribution in [0.3, 0.4) is 0 Å². The van der Waals surface area contributed by atoms with Gasteiger partial charge in [0.2, 0.25) is 0 Å². The van der Waals surface area contributed by atoms with Crippen molar-refractivity contribution in [2.75, 3.05) is 13.7 Å². The van der Waals surface area contributed by atoms with E-state index in [1.165, 1.54) is 6.42 Å². The highest BCUT2D eigenvalue weighted by atomic mass is 19.1. The second kappa shape index (κ2) is 8.42. The molecule has 2 atom stereocenters. The smallest absolute Gasteiger partial charge is 0.145 e. The average molecular weight is 383 g/mol. The molecule has 1 aromatic heterocycles. The summed E-state index contributed by atoms with van der Waals surface area (Å²) >= 11 is 0. The normalized spacial score (nSPS) is 20.5. The van der Waals surface area contributed by atoms with Crippen LogP contribution in [-0.4, -0.2) is 34.8 Å². The van der Waals surface area contributed by atoms with Gasteiger partial charge in [-0.15, -0.1) is 5.10 Å². The fourth-order valence-corrected chi connectivity index (χ4v) is 3.58. The lowest BCUT2D eigenvalue weighted by molar-refractivity contribution is 0.00368. The Morgan fingerprint density at radius 3 is 2.89 bits per heavy atom. The third-order valence-corrected chi connectivity index (χ3v) is 5.37. The molecule has 0 N–H and O–H groups in total. The van der Waals surface area contributed by atoms with E-state index < -0.39 is 6.10 Å². The molecule has 0 spiro atoms. The molecular weight excluding hydrogens is 357 g/mol. The van der Waals surface area contributed by atoms with E-state index in [9.17, 15) is 0 Å². The Balaban J connectivity index is 1.58. The highest BCUT2D eigenvalue weighted by Gasteiger charge is 2.25. The minimum Gasteiger partial charge on any atom is -0.376 e. The molecule has 1 saturated heterocycles. The summed E-state index contributed by atoms with van der Waals surface area (Å²) in [5, 5.41) is 8.47. The van der Waals surface area contributed by atoms with Gasteiger partial charge in [0.25, 0.3) is 0 Å².